The highest BCUT2D eigenvalue weighted by molar-refractivity contribution is 9.08. The highest BCUT2D eigenvalue weighted by Crippen LogP contribution is 2.38. The van der Waals surface area contributed by atoms with Gasteiger partial charge in [-0.1, -0.05) is 22.0 Å². The Bertz CT molecular complexity index is 423. The van der Waals surface area contributed by atoms with Gasteiger partial charge in [0.1, 0.15) is 0 Å². The van der Waals surface area contributed by atoms with Gasteiger partial charge in [0.25, 0.3) is 0 Å². The molecule has 0 fully saturated rings. The second kappa shape index (κ2) is 6.88. The molecule has 0 amide bonds. The highest BCUT2D eigenvalue weighted by atomic mass is 79.9. The molecule has 0 aliphatic carbocycles. The number of hydrogen-bond acceptors (Lipinski definition) is 2. The Hall–Kier alpha value is -0.360. The SMILES string of the molecule is CSCC(C)N(C)c1ccc(CBr)cc1C(F)(F)F. The molecule has 1 unspecified atom stereocenters. The van der Waals surface area contributed by atoms with Gasteiger partial charge in [-0.2, -0.15) is 24.9 Å². The molecule has 1 nitrogen and oxygen atoms in total. The molecule has 1 aromatic carbocycles. The third kappa shape index (κ3) is 4.31. The smallest absolute Gasteiger partial charge is 0.371 e. The Morgan fingerprint density at radius 3 is 2.47 bits per heavy atom. The number of rotatable bonds is 5. The fourth-order valence-corrected chi connectivity index (χ4v) is 2.85. The van der Waals surface area contributed by atoms with Crippen LogP contribution in [-0.4, -0.2) is 25.1 Å². The number of nitrogens with zero attached hydrogens (tertiary/aromatic N) is 1. The molecular formula is C13H17BrF3NS. The van der Waals surface area contributed by atoms with Crippen LogP contribution in [0, 0.1) is 0 Å². The minimum absolute atomic E-state index is 0.0471. The van der Waals surface area contributed by atoms with E-state index < -0.39 is 11.7 Å². The summed E-state index contributed by atoms with van der Waals surface area (Å²) in [5.41, 5.74) is 0.292. The van der Waals surface area contributed by atoms with E-state index in [1.165, 1.54) is 6.07 Å². The van der Waals surface area contributed by atoms with Gasteiger partial charge >= 0.3 is 6.18 Å². The van der Waals surface area contributed by atoms with Crippen molar-refractivity contribution in [2.45, 2.75) is 24.5 Å². The summed E-state index contributed by atoms with van der Waals surface area (Å²) in [5, 5.41) is 0.417. The first-order valence-electron chi connectivity index (χ1n) is 5.79. The van der Waals surface area contributed by atoms with Crippen LogP contribution in [0.1, 0.15) is 18.1 Å². The lowest BCUT2D eigenvalue weighted by Gasteiger charge is -2.29. The van der Waals surface area contributed by atoms with Crippen LogP contribution in [0.4, 0.5) is 18.9 Å². The molecule has 0 radical (unpaired) electrons. The molecule has 1 rings (SSSR count). The monoisotopic (exact) mass is 355 g/mol. The molecule has 0 aromatic heterocycles. The summed E-state index contributed by atoms with van der Waals surface area (Å²) in [5.74, 6) is 0.786. The zero-order valence-electron chi connectivity index (χ0n) is 11.1. The van der Waals surface area contributed by atoms with Crippen LogP contribution in [0.2, 0.25) is 0 Å². The van der Waals surface area contributed by atoms with Crippen molar-refractivity contribution in [3.8, 4) is 0 Å². The lowest BCUT2D eigenvalue weighted by molar-refractivity contribution is -0.137. The molecular weight excluding hydrogens is 339 g/mol. The van der Waals surface area contributed by atoms with Gasteiger partial charge in [-0.05, 0) is 30.9 Å². The van der Waals surface area contributed by atoms with Crippen molar-refractivity contribution in [1.82, 2.24) is 0 Å². The molecule has 0 saturated heterocycles. The lowest BCUT2D eigenvalue weighted by atomic mass is 10.1. The van der Waals surface area contributed by atoms with Crippen LogP contribution in [0.15, 0.2) is 18.2 Å². The second-order valence-electron chi connectivity index (χ2n) is 4.40. The number of thioether (sulfide) groups is 1. The maximum Gasteiger partial charge on any atom is 0.418 e. The van der Waals surface area contributed by atoms with Gasteiger partial charge in [0, 0.05) is 29.9 Å². The molecule has 1 atom stereocenters. The maximum atomic E-state index is 13.1. The molecule has 0 aliphatic heterocycles. The van der Waals surface area contributed by atoms with Gasteiger partial charge in [-0.25, -0.2) is 0 Å². The Morgan fingerprint density at radius 1 is 1.37 bits per heavy atom. The molecule has 1 aromatic rings. The average Bonchev–Trinajstić information content (AvgIpc) is 2.36. The maximum absolute atomic E-state index is 13.1. The Morgan fingerprint density at radius 2 is 2.00 bits per heavy atom. The normalized spacial score (nSPS) is 13.4. The van der Waals surface area contributed by atoms with E-state index in [-0.39, 0.29) is 11.7 Å². The number of anilines is 1. The third-order valence-corrected chi connectivity index (χ3v) is 4.43. The predicted octanol–water partition coefficient (Wildman–Crippen LogP) is 4.79. The molecule has 0 heterocycles. The molecule has 6 heteroatoms. The average molecular weight is 356 g/mol. The minimum Gasteiger partial charge on any atom is -0.371 e. The quantitative estimate of drug-likeness (QED) is 0.698. The Balaban J connectivity index is 3.19. The number of alkyl halides is 4. The largest absolute Gasteiger partial charge is 0.418 e. The van der Waals surface area contributed by atoms with E-state index in [2.05, 4.69) is 15.9 Å². The van der Waals surface area contributed by atoms with Crippen LogP contribution in [-0.2, 0) is 11.5 Å². The predicted molar refractivity (Wildman–Crippen MR) is 80.3 cm³/mol. The van der Waals surface area contributed by atoms with Crippen molar-refractivity contribution in [1.29, 1.82) is 0 Å². The first kappa shape index (κ1) is 16.7. The van der Waals surface area contributed by atoms with Crippen molar-refractivity contribution in [3.05, 3.63) is 29.3 Å². The van der Waals surface area contributed by atoms with Gasteiger partial charge in [-0.3, -0.25) is 0 Å². The summed E-state index contributed by atoms with van der Waals surface area (Å²) in [4.78, 5) is 1.69. The molecule has 19 heavy (non-hydrogen) atoms. The third-order valence-electron chi connectivity index (χ3n) is 2.97. The summed E-state index contributed by atoms with van der Waals surface area (Å²) in [6.45, 7) is 1.93. The van der Waals surface area contributed by atoms with Crippen LogP contribution in [0.3, 0.4) is 0 Å². The van der Waals surface area contributed by atoms with E-state index in [1.54, 1.807) is 35.8 Å². The van der Waals surface area contributed by atoms with E-state index in [9.17, 15) is 13.2 Å². The zero-order valence-corrected chi connectivity index (χ0v) is 13.5. The first-order valence-corrected chi connectivity index (χ1v) is 8.30. The molecule has 0 saturated carbocycles. The molecule has 0 N–H and O–H groups in total. The Kier molecular flexibility index (Phi) is 6.05. The van der Waals surface area contributed by atoms with Crippen molar-refractivity contribution in [2.75, 3.05) is 24.0 Å². The van der Waals surface area contributed by atoms with Crippen LogP contribution in [0.25, 0.3) is 0 Å². The summed E-state index contributed by atoms with van der Waals surface area (Å²) in [7, 11) is 1.71. The van der Waals surface area contributed by atoms with Gasteiger partial charge in [-0.15, -0.1) is 0 Å². The topological polar surface area (TPSA) is 3.24 Å². The van der Waals surface area contributed by atoms with Gasteiger partial charge in [0.2, 0.25) is 0 Å². The first-order chi connectivity index (χ1) is 8.81. The van der Waals surface area contributed by atoms with Gasteiger partial charge in [0.15, 0.2) is 0 Å². The summed E-state index contributed by atoms with van der Waals surface area (Å²) < 4.78 is 39.4. The molecule has 108 valence electrons. The summed E-state index contributed by atoms with van der Waals surface area (Å²) in [6.07, 6.45) is -2.39. The van der Waals surface area contributed by atoms with Crippen LogP contribution < -0.4 is 4.90 Å². The van der Waals surface area contributed by atoms with Crippen molar-refractivity contribution >= 4 is 33.4 Å². The standard InChI is InChI=1S/C13H17BrF3NS/c1-9(8-19-3)18(2)12-5-4-10(7-14)6-11(12)13(15,16)17/h4-6,9H,7-8H2,1-3H3. The fourth-order valence-electron chi connectivity index (χ4n) is 1.79. The zero-order chi connectivity index (χ0) is 14.6. The van der Waals surface area contributed by atoms with E-state index in [0.29, 0.717) is 10.9 Å². The number of benzene rings is 1. The van der Waals surface area contributed by atoms with Crippen molar-refractivity contribution in [2.24, 2.45) is 0 Å². The number of hydrogen-bond donors (Lipinski definition) is 0. The van der Waals surface area contributed by atoms with Crippen molar-refractivity contribution < 1.29 is 13.2 Å². The van der Waals surface area contributed by atoms with Gasteiger partial charge < -0.3 is 4.90 Å². The number of halogens is 4. The fraction of sp³-hybridized carbons (Fsp3) is 0.538. The Labute approximate surface area is 124 Å². The van der Waals surface area contributed by atoms with Gasteiger partial charge in [0.05, 0.1) is 5.56 Å². The minimum atomic E-state index is -4.33. The second-order valence-corrected chi connectivity index (χ2v) is 5.87. The van der Waals surface area contributed by atoms with Crippen LogP contribution in [0.5, 0.6) is 0 Å². The lowest BCUT2D eigenvalue weighted by Crippen LogP contribution is -2.32. The van der Waals surface area contributed by atoms with Crippen molar-refractivity contribution in [3.63, 3.8) is 0 Å². The van der Waals surface area contributed by atoms with E-state index in [1.807, 2.05) is 13.2 Å². The van der Waals surface area contributed by atoms with Crippen LogP contribution >= 0.6 is 27.7 Å². The summed E-state index contributed by atoms with van der Waals surface area (Å²) in [6, 6.07) is 4.54. The summed E-state index contributed by atoms with van der Waals surface area (Å²) >= 11 is 4.81. The molecule has 0 spiro atoms. The molecule has 0 aliphatic rings. The van der Waals surface area contributed by atoms with E-state index in [4.69, 9.17) is 0 Å². The van der Waals surface area contributed by atoms with E-state index >= 15 is 0 Å². The van der Waals surface area contributed by atoms with E-state index in [0.717, 1.165) is 5.75 Å². The molecule has 0 bridgehead atoms. The highest BCUT2D eigenvalue weighted by Gasteiger charge is 2.35.